The van der Waals surface area contributed by atoms with Crippen molar-refractivity contribution in [3.63, 3.8) is 0 Å². The van der Waals surface area contributed by atoms with Gasteiger partial charge in [0.1, 0.15) is 5.82 Å². The third kappa shape index (κ3) is 2.65. The second-order valence-corrected chi connectivity index (χ2v) is 5.76. The van der Waals surface area contributed by atoms with Crippen molar-refractivity contribution in [3.05, 3.63) is 39.4 Å². The molecule has 2 aromatic rings. The van der Waals surface area contributed by atoms with Crippen molar-refractivity contribution in [3.8, 4) is 0 Å². The number of rotatable bonds is 3. The van der Waals surface area contributed by atoms with Gasteiger partial charge < -0.3 is 10.3 Å². The summed E-state index contributed by atoms with van der Waals surface area (Å²) in [6.07, 6.45) is 2.40. The summed E-state index contributed by atoms with van der Waals surface area (Å²) in [6.45, 7) is 2.84. The first-order chi connectivity index (χ1) is 9.11. The molecule has 1 aliphatic rings. The van der Waals surface area contributed by atoms with Gasteiger partial charge in [-0.1, -0.05) is 18.5 Å². The van der Waals surface area contributed by atoms with Crippen molar-refractivity contribution in [2.24, 2.45) is 5.92 Å². The number of hydrogen-bond acceptors (Lipinski definition) is 3. The SMILES string of the molecule is CC1CC(NCc2nc3cc(Cl)ccc3c(=O)[nH]2)C1. The van der Waals surface area contributed by atoms with Crippen LogP contribution in [0.4, 0.5) is 0 Å². The van der Waals surface area contributed by atoms with Crippen LogP contribution in [0.25, 0.3) is 10.9 Å². The molecule has 1 heterocycles. The molecular weight excluding hydrogens is 262 g/mol. The minimum Gasteiger partial charge on any atom is -0.309 e. The van der Waals surface area contributed by atoms with Crippen LogP contribution in [0.5, 0.6) is 0 Å². The zero-order valence-electron chi connectivity index (χ0n) is 10.7. The standard InChI is InChI=1S/C14H16ClN3O/c1-8-4-10(5-8)16-7-13-17-12-6-9(15)2-3-11(12)14(19)18-13/h2-3,6,8,10,16H,4-5,7H2,1H3,(H,17,18,19). The van der Waals surface area contributed by atoms with Crippen LogP contribution in [0.3, 0.4) is 0 Å². The number of benzene rings is 1. The lowest BCUT2D eigenvalue weighted by molar-refractivity contribution is 0.239. The van der Waals surface area contributed by atoms with E-state index in [4.69, 9.17) is 11.6 Å². The van der Waals surface area contributed by atoms with E-state index in [1.54, 1.807) is 18.2 Å². The van der Waals surface area contributed by atoms with Crippen LogP contribution in [0.15, 0.2) is 23.0 Å². The minimum atomic E-state index is -0.111. The van der Waals surface area contributed by atoms with Crippen molar-refractivity contribution in [1.82, 2.24) is 15.3 Å². The lowest BCUT2D eigenvalue weighted by atomic mass is 9.82. The number of hydrogen-bond donors (Lipinski definition) is 2. The monoisotopic (exact) mass is 277 g/mol. The summed E-state index contributed by atoms with van der Waals surface area (Å²) in [4.78, 5) is 19.2. The molecule has 0 unspecified atom stereocenters. The first-order valence-corrected chi connectivity index (χ1v) is 6.91. The van der Waals surface area contributed by atoms with Gasteiger partial charge in [0.15, 0.2) is 0 Å². The van der Waals surface area contributed by atoms with Crippen molar-refractivity contribution in [2.75, 3.05) is 0 Å². The van der Waals surface area contributed by atoms with Gasteiger partial charge in [-0.3, -0.25) is 4.79 Å². The predicted octanol–water partition coefficient (Wildman–Crippen LogP) is 2.46. The molecule has 3 rings (SSSR count). The Balaban J connectivity index is 1.82. The molecule has 0 amide bonds. The number of aromatic amines is 1. The topological polar surface area (TPSA) is 57.8 Å². The fourth-order valence-corrected chi connectivity index (χ4v) is 2.72. The average molecular weight is 278 g/mol. The van der Waals surface area contributed by atoms with Crippen molar-refractivity contribution in [2.45, 2.75) is 32.4 Å². The summed E-state index contributed by atoms with van der Waals surface area (Å²) >= 11 is 5.93. The van der Waals surface area contributed by atoms with Gasteiger partial charge in [0, 0.05) is 11.1 Å². The van der Waals surface area contributed by atoms with Crippen LogP contribution >= 0.6 is 11.6 Å². The zero-order valence-corrected chi connectivity index (χ0v) is 11.5. The second-order valence-electron chi connectivity index (χ2n) is 5.33. The third-order valence-electron chi connectivity index (χ3n) is 3.65. The van der Waals surface area contributed by atoms with Crippen LogP contribution in [-0.2, 0) is 6.54 Å². The van der Waals surface area contributed by atoms with E-state index in [0.717, 1.165) is 5.92 Å². The highest BCUT2D eigenvalue weighted by Crippen LogP contribution is 2.26. The van der Waals surface area contributed by atoms with Crippen molar-refractivity contribution >= 4 is 22.5 Å². The lowest BCUT2D eigenvalue weighted by Crippen LogP contribution is -2.40. The largest absolute Gasteiger partial charge is 0.309 e. The first kappa shape index (κ1) is 12.6. The number of nitrogens with one attached hydrogen (secondary N) is 2. The smallest absolute Gasteiger partial charge is 0.258 e. The van der Waals surface area contributed by atoms with Crippen LogP contribution in [-0.4, -0.2) is 16.0 Å². The molecular formula is C14H16ClN3O. The predicted molar refractivity (Wildman–Crippen MR) is 76.4 cm³/mol. The third-order valence-corrected chi connectivity index (χ3v) is 3.88. The van der Waals surface area contributed by atoms with Crippen LogP contribution < -0.4 is 10.9 Å². The molecule has 0 spiro atoms. The molecule has 0 radical (unpaired) electrons. The van der Waals surface area contributed by atoms with Crippen molar-refractivity contribution < 1.29 is 0 Å². The van der Waals surface area contributed by atoms with Gasteiger partial charge in [0.2, 0.25) is 0 Å². The van der Waals surface area contributed by atoms with Gasteiger partial charge in [-0.25, -0.2) is 4.98 Å². The lowest BCUT2D eigenvalue weighted by Gasteiger charge is -2.33. The fourth-order valence-electron chi connectivity index (χ4n) is 2.55. The zero-order chi connectivity index (χ0) is 13.4. The highest BCUT2D eigenvalue weighted by molar-refractivity contribution is 6.31. The molecule has 1 aromatic heterocycles. The molecule has 0 bridgehead atoms. The van der Waals surface area contributed by atoms with Gasteiger partial charge in [-0.2, -0.15) is 0 Å². The number of fused-ring (bicyclic) bond motifs is 1. The molecule has 2 N–H and O–H groups in total. The highest BCUT2D eigenvalue weighted by Gasteiger charge is 2.24. The fraction of sp³-hybridized carbons (Fsp3) is 0.429. The van der Waals surface area contributed by atoms with E-state index >= 15 is 0 Å². The average Bonchev–Trinajstić information content (AvgIpc) is 2.32. The van der Waals surface area contributed by atoms with Crippen molar-refractivity contribution in [1.29, 1.82) is 0 Å². The Morgan fingerprint density at radius 2 is 2.26 bits per heavy atom. The molecule has 1 saturated carbocycles. The molecule has 1 aliphatic carbocycles. The molecule has 1 aromatic carbocycles. The second kappa shape index (κ2) is 4.94. The van der Waals surface area contributed by atoms with Crippen LogP contribution in [0.1, 0.15) is 25.6 Å². The molecule has 4 nitrogen and oxygen atoms in total. The van der Waals surface area contributed by atoms with Gasteiger partial charge in [-0.05, 0) is 37.0 Å². The Morgan fingerprint density at radius 1 is 1.47 bits per heavy atom. The Labute approximate surface area is 116 Å². The molecule has 1 fully saturated rings. The number of nitrogens with zero attached hydrogens (tertiary/aromatic N) is 1. The van der Waals surface area contributed by atoms with E-state index < -0.39 is 0 Å². The Hall–Kier alpha value is -1.39. The van der Waals surface area contributed by atoms with Gasteiger partial charge in [0.25, 0.3) is 5.56 Å². The Bertz CT molecular complexity index is 661. The number of aromatic nitrogens is 2. The molecule has 0 saturated heterocycles. The maximum atomic E-state index is 11.9. The molecule has 19 heavy (non-hydrogen) atoms. The van der Waals surface area contributed by atoms with E-state index in [-0.39, 0.29) is 5.56 Å². The van der Waals surface area contributed by atoms with Gasteiger partial charge in [0.05, 0.1) is 17.4 Å². The quantitative estimate of drug-likeness (QED) is 0.906. The summed E-state index contributed by atoms with van der Waals surface area (Å²) < 4.78 is 0. The van der Waals surface area contributed by atoms with E-state index in [2.05, 4.69) is 22.2 Å². The van der Waals surface area contributed by atoms with E-state index in [1.165, 1.54) is 12.8 Å². The summed E-state index contributed by atoms with van der Waals surface area (Å²) in [6, 6.07) is 5.68. The maximum Gasteiger partial charge on any atom is 0.258 e. The van der Waals surface area contributed by atoms with Gasteiger partial charge in [-0.15, -0.1) is 0 Å². The molecule has 100 valence electrons. The van der Waals surface area contributed by atoms with Crippen LogP contribution in [0.2, 0.25) is 5.02 Å². The molecule has 5 heteroatoms. The van der Waals surface area contributed by atoms with E-state index in [1.807, 2.05) is 0 Å². The minimum absolute atomic E-state index is 0.111. The highest BCUT2D eigenvalue weighted by atomic mass is 35.5. The van der Waals surface area contributed by atoms with E-state index in [9.17, 15) is 4.79 Å². The van der Waals surface area contributed by atoms with Crippen LogP contribution in [0, 0.1) is 5.92 Å². The maximum absolute atomic E-state index is 11.9. The molecule has 0 atom stereocenters. The Morgan fingerprint density at radius 3 is 3.00 bits per heavy atom. The normalized spacial score (nSPS) is 22.4. The Kier molecular flexibility index (Phi) is 3.29. The van der Waals surface area contributed by atoms with E-state index in [0.29, 0.717) is 34.3 Å². The summed E-state index contributed by atoms with van der Waals surface area (Å²) in [5, 5.41) is 4.58. The number of H-pyrrole nitrogens is 1. The summed E-state index contributed by atoms with van der Waals surface area (Å²) in [5.74, 6) is 1.47. The van der Waals surface area contributed by atoms with Gasteiger partial charge >= 0.3 is 0 Å². The summed E-state index contributed by atoms with van der Waals surface area (Å²) in [5.41, 5.74) is 0.537. The first-order valence-electron chi connectivity index (χ1n) is 6.53. The summed E-state index contributed by atoms with van der Waals surface area (Å²) in [7, 11) is 0. The molecule has 0 aliphatic heterocycles. The number of halogens is 1.